The third kappa shape index (κ3) is 12.6. The average Bonchev–Trinajstić information content (AvgIpc) is 2.68. The Morgan fingerprint density at radius 2 is 1.40 bits per heavy atom. The summed E-state index contributed by atoms with van der Waals surface area (Å²) in [5.41, 5.74) is -0.873. The number of nitrogens with zero attached hydrogens (tertiary/aromatic N) is 8. The Hall–Kier alpha value is -8.32. The highest BCUT2D eigenvalue weighted by atomic mass is 31.2. The monoisotopic (exact) mass is 1210 g/mol. The van der Waals surface area contributed by atoms with Crippen molar-refractivity contribution >= 4 is 62.0 Å². The number of nitrogens with one attached hydrogen (secondary N) is 3. The van der Waals surface area contributed by atoms with E-state index in [2.05, 4.69) is 40.5 Å². The van der Waals surface area contributed by atoms with Gasteiger partial charge in [0.25, 0.3) is 11.5 Å². The second-order valence-electron chi connectivity index (χ2n) is 19.4. The molecule has 2 amide bonds. The number of hydrogen-bond acceptors (Lipinski definition) is 20. The smallest absolute Gasteiger partial charge is 0.497 e. The molecule has 0 radical (unpaired) electrons. The van der Waals surface area contributed by atoms with Crippen molar-refractivity contribution in [2.24, 2.45) is 5.92 Å². The van der Waals surface area contributed by atoms with Gasteiger partial charge >= 0.3 is 16.1 Å². The van der Waals surface area contributed by atoms with Gasteiger partial charge in [-0.05, 0) is 53.1 Å². The third-order valence-corrected chi connectivity index (χ3v) is 15.8. The van der Waals surface area contributed by atoms with Crippen LogP contribution in [0.4, 0.5) is 20.5 Å². The molecule has 26 nitrogen and oxygen atoms in total. The Labute approximate surface area is 482 Å². The normalized spacial score (nSPS) is 21.4. The van der Waals surface area contributed by atoms with Crippen LogP contribution < -0.4 is 25.7 Å². The Kier molecular flexibility index (Phi) is 18.2. The van der Waals surface area contributed by atoms with E-state index in [4.69, 9.17) is 41.8 Å². The number of nitriles is 1. The zero-order valence-electron chi connectivity index (χ0n) is 45.5. The molecule has 4 aromatic heterocycles. The van der Waals surface area contributed by atoms with Gasteiger partial charge in [-0.2, -0.15) is 10.2 Å². The highest BCUT2D eigenvalue weighted by Crippen LogP contribution is 2.55. The average molecular weight is 1210 g/mol. The van der Waals surface area contributed by atoms with Crippen molar-refractivity contribution < 1.29 is 74.2 Å². The lowest BCUT2D eigenvalue weighted by Crippen LogP contribution is -2.40. The van der Waals surface area contributed by atoms with Crippen LogP contribution in [0.15, 0.2) is 133 Å². The Balaban J connectivity index is 1.01. The number of anilines is 2. The number of fused-ring (bicyclic) bond motifs is 2. The topological polar surface area (TPSA) is 327 Å². The van der Waals surface area contributed by atoms with E-state index in [1.807, 2.05) is 24.3 Å². The van der Waals surface area contributed by atoms with Crippen molar-refractivity contribution in [1.82, 2.24) is 39.0 Å². The van der Waals surface area contributed by atoms with Crippen molar-refractivity contribution in [3.63, 3.8) is 0 Å². The number of phosphoric acid groups is 1. The van der Waals surface area contributed by atoms with Crippen molar-refractivity contribution in [2.45, 2.75) is 75.1 Å². The molecular weight excluding hydrogens is 1150 g/mol. The van der Waals surface area contributed by atoms with Gasteiger partial charge in [0, 0.05) is 16.0 Å². The van der Waals surface area contributed by atoms with Gasteiger partial charge in [0.1, 0.15) is 41.7 Å². The fourth-order valence-electron chi connectivity index (χ4n) is 9.68. The first-order chi connectivity index (χ1) is 41.0. The standard InChI is InChI=1S/C55H53F2N11O15P2/c1-31(2)49(69)65-54-64-48-43(51(71)66-54)62-30-68(48)53-45(82-84(72)73)40(56)38(80-53)27-79-85(74,78-25-11-24-58)83-44-39(81-52(41(44)57)67-29-61-42-46(59-28-60-47(42)67)63-50(70)32-12-7-5-8-13-32)26-77-55(33-14-9-6-10-15-33,34-16-20-36(75-3)21-17-34)35-18-22-37(76-4)23-19-35/h5-10,12-23,28-31,38-41,44-45,52-53H,11,25-27H2,1-4H3,(H3-,59,60,63,64,65,66,69,70,71,72,73)/p+1/t38-,39-,40-,41+,44-,45-,52-,53-,85?/m1/s1. The minimum absolute atomic E-state index is 0.0172. The Morgan fingerprint density at radius 1 is 0.788 bits per heavy atom. The van der Waals surface area contributed by atoms with Crippen molar-refractivity contribution in [2.75, 3.05) is 44.7 Å². The van der Waals surface area contributed by atoms with Crippen LogP contribution >= 0.6 is 16.1 Å². The van der Waals surface area contributed by atoms with Gasteiger partial charge in [-0.25, -0.2) is 33.3 Å². The number of carbonyl (C=O) groups is 2. The summed E-state index contributed by atoms with van der Waals surface area (Å²) in [6.07, 6.45) is -12.6. The molecule has 4 N–H and O–H groups in total. The molecular formula is C55H54F2N11O15P2+. The Bertz CT molecular complexity index is 3790. The van der Waals surface area contributed by atoms with Crippen LogP contribution in [0.2, 0.25) is 0 Å². The highest BCUT2D eigenvalue weighted by Gasteiger charge is 2.55. The van der Waals surface area contributed by atoms with E-state index in [1.54, 1.807) is 105 Å². The van der Waals surface area contributed by atoms with Crippen LogP contribution in [0.1, 0.15) is 59.8 Å². The number of methoxy groups -OCH3 is 2. The summed E-state index contributed by atoms with van der Waals surface area (Å²) in [7, 11) is -5.79. The molecule has 8 aromatic rings. The largest absolute Gasteiger partial charge is 0.695 e. The zero-order valence-corrected chi connectivity index (χ0v) is 47.3. The molecule has 10 rings (SSSR count). The fraction of sp³-hybridized carbons (Fsp3) is 0.327. The lowest BCUT2D eigenvalue weighted by Gasteiger charge is -2.37. The van der Waals surface area contributed by atoms with Crippen molar-refractivity contribution in [3.8, 4) is 17.6 Å². The van der Waals surface area contributed by atoms with Crippen LogP contribution in [-0.2, 0) is 51.8 Å². The summed E-state index contributed by atoms with van der Waals surface area (Å²) >= 11 is 0. The molecule has 4 aromatic carbocycles. The SMILES string of the molecule is COc1ccc(C(OC[C@H]2O[C@@H](n3cnc4c(NC(=O)c5ccccc5)ncnc43)[C@@H](F)[C@@H]2OP(=O)(OCCC#N)OC[C@H]2O[C@@H](n3cnc4c(=O)[nH]c(NC(=O)C(C)C)nc43)[C@H](O[P+](=O)O)[C@@H]2F)(c2ccccc2)c2ccc(OC)cc2)cc1. The predicted octanol–water partition coefficient (Wildman–Crippen LogP) is 7.78. The maximum absolute atomic E-state index is 18.1. The van der Waals surface area contributed by atoms with Crippen LogP contribution in [0.25, 0.3) is 22.3 Å². The fourth-order valence-corrected chi connectivity index (χ4v) is 11.5. The lowest BCUT2D eigenvalue weighted by atomic mass is 9.80. The van der Waals surface area contributed by atoms with Crippen LogP contribution in [0.5, 0.6) is 11.5 Å². The predicted molar refractivity (Wildman–Crippen MR) is 297 cm³/mol. The van der Waals surface area contributed by atoms with Gasteiger partial charge < -0.3 is 29.0 Å². The number of amides is 2. The number of phosphoric ester groups is 1. The van der Waals surface area contributed by atoms with E-state index in [0.717, 1.165) is 17.2 Å². The van der Waals surface area contributed by atoms with Crippen molar-refractivity contribution in [3.05, 3.63) is 161 Å². The molecule has 0 saturated carbocycles. The molecule has 0 bridgehead atoms. The number of aromatic nitrogens is 8. The number of carbonyl (C=O) groups excluding carboxylic acids is 2. The molecule has 2 fully saturated rings. The van der Waals surface area contributed by atoms with Crippen molar-refractivity contribution in [1.29, 1.82) is 5.26 Å². The number of halogens is 2. The zero-order chi connectivity index (χ0) is 60.0. The molecule has 0 spiro atoms. The van der Waals surface area contributed by atoms with Crippen LogP contribution in [0, 0.1) is 17.2 Å². The maximum atomic E-state index is 18.1. The van der Waals surface area contributed by atoms with Gasteiger partial charge in [0.05, 0.1) is 59.2 Å². The minimum Gasteiger partial charge on any atom is -0.497 e. The third-order valence-electron chi connectivity index (χ3n) is 13.9. The molecule has 0 aliphatic carbocycles. The molecule has 6 heterocycles. The second-order valence-corrected chi connectivity index (χ2v) is 21.8. The number of imidazole rings is 2. The molecule has 2 aliphatic rings. The maximum Gasteiger partial charge on any atom is 0.695 e. The first-order valence-electron chi connectivity index (χ1n) is 26.2. The Morgan fingerprint density at radius 3 is 2.02 bits per heavy atom. The number of aromatic amines is 1. The first kappa shape index (κ1) is 59.8. The number of alkyl halides is 2. The summed E-state index contributed by atoms with van der Waals surface area (Å²) in [5.74, 6) is -0.858. The summed E-state index contributed by atoms with van der Waals surface area (Å²) in [5, 5.41) is 14.7. The molecule has 10 atom stereocenters. The number of benzene rings is 4. The number of rotatable bonds is 24. The van der Waals surface area contributed by atoms with E-state index in [9.17, 15) is 29.1 Å². The number of H-pyrrole nitrogens is 1. The quantitative estimate of drug-likeness (QED) is 0.0255. The molecule has 2 saturated heterocycles. The number of ether oxygens (including phenoxy) is 5. The van der Waals surface area contributed by atoms with E-state index in [-0.39, 0.29) is 34.1 Å². The summed E-state index contributed by atoms with van der Waals surface area (Å²) < 4.78 is 118. The van der Waals surface area contributed by atoms with E-state index < -0.39 is 120 Å². The molecule has 85 heavy (non-hydrogen) atoms. The van der Waals surface area contributed by atoms with Gasteiger partial charge in [0.2, 0.25) is 11.9 Å². The molecule has 442 valence electrons. The number of hydrogen-bond donors (Lipinski definition) is 4. The minimum atomic E-state index is -5.28. The summed E-state index contributed by atoms with van der Waals surface area (Å²) in [6.45, 7) is 0.948. The van der Waals surface area contributed by atoms with Gasteiger partial charge in [-0.3, -0.25) is 47.4 Å². The van der Waals surface area contributed by atoms with Gasteiger partial charge in [0.15, 0.2) is 59.0 Å². The van der Waals surface area contributed by atoms with E-state index in [0.29, 0.717) is 33.8 Å². The summed E-state index contributed by atoms with van der Waals surface area (Å²) in [6, 6.07) is 33.3. The molecule has 2 unspecified atom stereocenters. The van der Waals surface area contributed by atoms with Gasteiger partial charge in [-0.1, -0.05) is 86.6 Å². The van der Waals surface area contributed by atoms with E-state index >= 15 is 13.3 Å². The summed E-state index contributed by atoms with van der Waals surface area (Å²) in [4.78, 5) is 72.7. The molecule has 2 aliphatic heterocycles. The lowest BCUT2D eigenvalue weighted by molar-refractivity contribution is -0.118. The van der Waals surface area contributed by atoms with Gasteiger partial charge in [-0.15, -0.1) is 9.42 Å². The second kappa shape index (κ2) is 25.9. The van der Waals surface area contributed by atoms with Crippen LogP contribution in [0.3, 0.4) is 0 Å². The molecule has 30 heteroatoms. The highest BCUT2D eigenvalue weighted by molar-refractivity contribution is 7.48. The van der Waals surface area contributed by atoms with E-state index in [1.165, 1.54) is 25.1 Å². The van der Waals surface area contributed by atoms with Crippen LogP contribution in [-0.4, -0.2) is 127 Å². The first-order valence-corrected chi connectivity index (χ1v) is 28.8.